The molecule has 0 aliphatic heterocycles. The van der Waals surface area contributed by atoms with Crippen molar-refractivity contribution in [2.45, 2.75) is 19.8 Å². The Labute approximate surface area is 92.2 Å². The Morgan fingerprint density at radius 2 is 2.47 bits per heavy atom. The lowest BCUT2D eigenvalue weighted by molar-refractivity contribution is -0.116. The summed E-state index contributed by atoms with van der Waals surface area (Å²) in [6.45, 7) is 1.61. The fourth-order valence-electron chi connectivity index (χ4n) is 1.32. The van der Waals surface area contributed by atoms with Crippen LogP contribution in [0.15, 0.2) is 23.8 Å². The van der Waals surface area contributed by atoms with Gasteiger partial charge >= 0.3 is 0 Å². The van der Waals surface area contributed by atoms with E-state index in [1.807, 2.05) is 23.8 Å². The fraction of sp³-hybridized carbons (Fsp3) is 0.273. The summed E-state index contributed by atoms with van der Waals surface area (Å²) >= 11 is 1.62. The molecule has 2 heterocycles. The monoisotopic (exact) mass is 220 g/mol. The second kappa shape index (κ2) is 4.40. The second-order valence-electron chi connectivity index (χ2n) is 3.45. The Morgan fingerprint density at radius 3 is 3.13 bits per heavy atom. The number of Topliss-reactive ketones (excluding diaryl/α,β-unsaturated/α-hetero) is 1. The molecule has 0 aliphatic rings. The molecule has 0 spiro atoms. The minimum Gasteiger partial charge on any atom is -0.367 e. The molecule has 3 nitrogen and oxygen atoms in total. The van der Waals surface area contributed by atoms with E-state index in [0.29, 0.717) is 6.42 Å². The maximum Gasteiger partial charge on any atom is 0.130 e. The molecule has 2 aromatic heterocycles. The van der Waals surface area contributed by atoms with Gasteiger partial charge in [0, 0.05) is 29.8 Å². The predicted octanol–water partition coefficient (Wildman–Crippen LogP) is 2.66. The zero-order valence-electron chi connectivity index (χ0n) is 8.49. The van der Waals surface area contributed by atoms with Crippen LogP contribution in [0.1, 0.15) is 19.0 Å². The Bertz CT molecular complexity index is 445. The molecule has 0 aromatic carbocycles. The van der Waals surface area contributed by atoms with E-state index >= 15 is 0 Å². The first-order chi connectivity index (χ1) is 7.25. The quantitative estimate of drug-likeness (QED) is 0.861. The fourth-order valence-corrected chi connectivity index (χ4v) is 2.17. The summed E-state index contributed by atoms with van der Waals surface area (Å²) < 4.78 is 0. The van der Waals surface area contributed by atoms with Crippen LogP contribution in [-0.4, -0.2) is 15.8 Å². The third-order valence-corrected chi connectivity index (χ3v) is 3.07. The Kier molecular flexibility index (Phi) is 2.97. The minimum atomic E-state index is 0.214. The highest BCUT2D eigenvalue weighted by atomic mass is 32.1. The van der Waals surface area contributed by atoms with Crippen LogP contribution in [-0.2, 0) is 11.2 Å². The molecule has 0 saturated heterocycles. The number of nitrogens with one attached hydrogen (secondary N) is 1. The van der Waals surface area contributed by atoms with E-state index in [9.17, 15) is 4.79 Å². The van der Waals surface area contributed by atoms with Gasteiger partial charge in [-0.1, -0.05) is 0 Å². The predicted molar refractivity (Wildman–Crippen MR) is 60.9 cm³/mol. The summed E-state index contributed by atoms with van der Waals surface area (Å²) in [4.78, 5) is 18.3. The van der Waals surface area contributed by atoms with E-state index in [1.54, 1.807) is 18.3 Å². The van der Waals surface area contributed by atoms with Gasteiger partial charge in [0.1, 0.15) is 10.8 Å². The van der Waals surface area contributed by atoms with Crippen molar-refractivity contribution in [2.75, 3.05) is 0 Å². The maximum absolute atomic E-state index is 10.8. The number of aromatic amines is 1. The summed E-state index contributed by atoms with van der Waals surface area (Å²) in [6, 6.07) is 1.99. The lowest BCUT2D eigenvalue weighted by Gasteiger charge is -1.91. The van der Waals surface area contributed by atoms with Gasteiger partial charge in [-0.15, -0.1) is 11.3 Å². The highest BCUT2D eigenvalue weighted by Gasteiger charge is 2.05. The Balaban J connectivity index is 2.08. The Hall–Kier alpha value is -1.42. The number of ketones is 1. The molecular weight excluding hydrogens is 208 g/mol. The standard InChI is InChI=1S/C11H12N2OS/c1-8(14)2-3-10-7-15-11(13-10)9-4-5-12-6-9/h4-7,12H,2-3H2,1H3. The van der Waals surface area contributed by atoms with E-state index in [4.69, 9.17) is 0 Å². The number of hydrogen-bond donors (Lipinski definition) is 1. The van der Waals surface area contributed by atoms with Crippen molar-refractivity contribution in [3.63, 3.8) is 0 Å². The van der Waals surface area contributed by atoms with Gasteiger partial charge in [-0.3, -0.25) is 0 Å². The minimum absolute atomic E-state index is 0.214. The number of aryl methyl sites for hydroxylation is 1. The van der Waals surface area contributed by atoms with Crippen LogP contribution in [0.3, 0.4) is 0 Å². The third-order valence-electron chi connectivity index (χ3n) is 2.13. The molecule has 0 aliphatic carbocycles. The van der Waals surface area contributed by atoms with E-state index in [2.05, 4.69) is 9.97 Å². The molecule has 0 saturated carbocycles. The molecule has 1 N–H and O–H groups in total. The molecule has 0 fully saturated rings. The number of thiazole rings is 1. The molecule has 0 atom stereocenters. The summed E-state index contributed by atoms with van der Waals surface area (Å²) in [5.41, 5.74) is 2.11. The van der Waals surface area contributed by atoms with Gasteiger partial charge in [-0.25, -0.2) is 4.98 Å². The van der Waals surface area contributed by atoms with Gasteiger partial charge in [0.25, 0.3) is 0 Å². The smallest absolute Gasteiger partial charge is 0.130 e. The molecular formula is C11H12N2OS. The average molecular weight is 220 g/mol. The van der Waals surface area contributed by atoms with E-state index in [0.717, 1.165) is 22.7 Å². The van der Waals surface area contributed by atoms with Crippen LogP contribution in [0.25, 0.3) is 10.6 Å². The lowest BCUT2D eigenvalue weighted by Crippen LogP contribution is -1.93. The number of nitrogens with zero attached hydrogens (tertiary/aromatic N) is 1. The summed E-state index contributed by atoms with van der Waals surface area (Å²) in [6.07, 6.45) is 5.13. The van der Waals surface area contributed by atoms with E-state index in [1.165, 1.54) is 0 Å². The highest BCUT2D eigenvalue weighted by molar-refractivity contribution is 7.13. The van der Waals surface area contributed by atoms with Crippen molar-refractivity contribution < 1.29 is 4.79 Å². The van der Waals surface area contributed by atoms with Crippen LogP contribution in [0.5, 0.6) is 0 Å². The number of H-pyrrole nitrogens is 1. The van der Waals surface area contributed by atoms with Crippen LogP contribution < -0.4 is 0 Å². The van der Waals surface area contributed by atoms with Gasteiger partial charge in [-0.2, -0.15) is 0 Å². The molecule has 0 bridgehead atoms. The lowest BCUT2D eigenvalue weighted by atomic mass is 10.2. The summed E-state index contributed by atoms with van der Waals surface area (Å²) in [5, 5.41) is 3.03. The number of hydrogen-bond acceptors (Lipinski definition) is 3. The molecule has 4 heteroatoms. The van der Waals surface area contributed by atoms with Crippen LogP contribution in [0, 0.1) is 0 Å². The zero-order chi connectivity index (χ0) is 10.7. The highest BCUT2D eigenvalue weighted by Crippen LogP contribution is 2.23. The number of rotatable bonds is 4. The zero-order valence-corrected chi connectivity index (χ0v) is 9.30. The van der Waals surface area contributed by atoms with Gasteiger partial charge in [0.15, 0.2) is 0 Å². The first-order valence-electron chi connectivity index (χ1n) is 4.82. The SMILES string of the molecule is CC(=O)CCc1csc(-c2cc[nH]c2)n1. The molecule has 2 aromatic rings. The van der Waals surface area contributed by atoms with Crippen LogP contribution in [0.4, 0.5) is 0 Å². The largest absolute Gasteiger partial charge is 0.367 e. The number of carbonyl (C=O) groups excluding carboxylic acids is 1. The molecule has 78 valence electrons. The molecule has 2 rings (SSSR count). The summed E-state index contributed by atoms with van der Waals surface area (Å²) in [5.74, 6) is 0.214. The normalized spacial score (nSPS) is 10.5. The van der Waals surface area contributed by atoms with Crippen molar-refractivity contribution in [2.24, 2.45) is 0 Å². The first kappa shape index (κ1) is 10.1. The van der Waals surface area contributed by atoms with Crippen LogP contribution >= 0.6 is 11.3 Å². The number of aromatic nitrogens is 2. The van der Waals surface area contributed by atoms with Crippen molar-refractivity contribution in [1.29, 1.82) is 0 Å². The topological polar surface area (TPSA) is 45.8 Å². The van der Waals surface area contributed by atoms with E-state index < -0.39 is 0 Å². The second-order valence-corrected chi connectivity index (χ2v) is 4.30. The molecule has 0 unspecified atom stereocenters. The molecule has 0 radical (unpaired) electrons. The van der Waals surface area contributed by atoms with Gasteiger partial charge in [0.05, 0.1) is 5.69 Å². The van der Waals surface area contributed by atoms with Gasteiger partial charge < -0.3 is 9.78 Å². The van der Waals surface area contributed by atoms with Crippen molar-refractivity contribution in [3.05, 3.63) is 29.5 Å². The molecule has 15 heavy (non-hydrogen) atoms. The Morgan fingerprint density at radius 1 is 1.60 bits per heavy atom. The van der Waals surface area contributed by atoms with Crippen molar-refractivity contribution >= 4 is 17.1 Å². The van der Waals surface area contributed by atoms with Gasteiger partial charge in [-0.05, 0) is 19.4 Å². The number of carbonyl (C=O) groups is 1. The average Bonchev–Trinajstić information content (AvgIpc) is 2.85. The first-order valence-corrected chi connectivity index (χ1v) is 5.70. The third kappa shape index (κ3) is 2.53. The molecule has 0 amide bonds. The summed E-state index contributed by atoms with van der Waals surface area (Å²) in [7, 11) is 0. The van der Waals surface area contributed by atoms with Crippen LogP contribution in [0.2, 0.25) is 0 Å². The maximum atomic E-state index is 10.8. The van der Waals surface area contributed by atoms with E-state index in [-0.39, 0.29) is 5.78 Å². The van der Waals surface area contributed by atoms with Gasteiger partial charge in [0.2, 0.25) is 0 Å². The van der Waals surface area contributed by atoms with Crippen molar-refractivity contribution in [3.8, 4) is 10.6 Å². The van der Waals surface area contributed by atoms with Crippen molar-refractivity contribution in [1.82, 2.24) is 9.97 Å².